The summed E-state index contributed by atoms with van der Waals surface area (Å²) in [6.07, 6.45) is 3.23. The first-order valence-corrected chi connectivity index (χ1v) is 6.40. The van der Waals surface area contributed by atoms with Gasteiger partial charge in [-0.2, -0.15) is 5.10 Å². The molecule has 6 heteroatoms. The van der Waals surface area contributed by atoms with Gasteiger partial charge in [0.25, 0.3) is 0 Å². The van der Waals surface area contributed by atoms with Gasteiger partial charge < -0.3 is 15.8 Å². The highest BCUT2D eigenvalue weighted by atomic mass is 16.5. The Balaban J connectivity index is 1.92. The Bertz CT molecular complexity index is 498. The smallest absolute Gasteiger partial charge is 0.144 e. The van der Waals surface area contributed by atoms with Crippen LogP contribution in [0.3, 0.4) is 0 Å². The number of aromatic amines is 1. The standard InChI is InChI=1S/C13H19N5O/c1-2-8-19-11-5-3-4-10(13(11)14)15-7-6-12-16-9-17-18-12/h3-5,9,15H,2,6-8,14H2,1H3,(H,16,17,18). The molecule has 0 radical (unpaired) electrons. The lowest BCUT2D eigenvalue weighted by Gasteiger charge is -2.13. The number of anilines is 2. The molecule has 0 amide bonds. The highest BCUT2D eigenvalue weighted by Gasteiger charge is 2.05. The Morgan fingerprint density at radius 1 is 1.42 bits per heavy atom. The van der Waals surface area contributed by atoms with E-state index in [-0.39, 0.29) is 0 Å². The quantitative estimate of drug-likeness (QED) is 0.662. The van der Waals surface area contributed by atoms with E-state index >= 15 is 0 Å². The summed E-state index contributed by atoms with van der Waals surface area (Å²) in [4.78, 5) is 4.07. The van der Waals surface area contributed by atoms with E-state index in [9.17, 15) is 0 Å². The topological polar surface area (TPSA) is 88.8 Å². The van der Waals surface area contributed by atoms with E-state index in [0.717, 1.165) is 36.6 Å². The summed E-state index contributed by atoms with van der Waals surface area (Å²) in [6.45, 7) is 3.47. The van der Waals surface area contributed by atoms with Gasteiger partial charge in [0.2, 0.25) is 0 Å². The molecule has 0 bridgehead atoms. The number of rotatable bonds is 7. The van der Waals surface area contributed by atoms with Crippen molar-refractivity contribution in [2.75, 3.05) is 24.2 Å². The lowest BCUT2D eigenvalue weighted by molar-refractivity contribution is 0.319. The molecule has 0 aliphatic carbocycles. The second-order valence-electron chi connectivity index (χ2n) is 4.17. The molecule has 1 aromatic heterocycles. The first-order valence-electron chi connectivity index (χ1n) is 6.40. The molecule has 102 valence electrons. The molecule has 1 heterocycles. The highest BCUT2D eigenvalue weighted by Crippen LogP contribution is 2.29. The van der Waals surface area contributed by atoms with Crippen molar-refractivity contribution in [2.45, 2.75) is 19.8 Å². The van der Waals surface area contributed by atoms with Crippen LogP contribution in [-0.4, -0.2) is 28.3 Å². The van der Waals surface area contributed by atoms with Crippen LogP contribution in [0.5, 0.6) is 5.75 Å². The summed E-state index contributed by atoms with van der Waals surface area (Å²) in [5.41, 5.74) is 7.59. The number of hydrogen-bond donors (Lipinski definition) is 3. The largest absolute Gasteiger partial charge is 0.491 e. The predicted octanol–water partition coefficient (Wildman–Crippen LogP) is 1.83. The zero-order valence-electron chi connectivity index (χ0n) is 11.0. The zero-order valence-corrected chi connectivity index (χ0v) is 11.0. The summed E-state index contributed by atoms with van der Waals surface area (Å²) in [6, 6.07) is 5.75. The Morgan fingerprint density at radius 2 is 2.32 bits per heavy atom. The fraction of sp³-hybridized carbons (Fsp3) is 0.385. The van der Waals surface area contributed by atoms with Crippen molar-refractivity contribution < 1.29 is 4.74 Å². The van der Waals surface area contributed by atoms with E-state index in [1.807, 2.05) is 18.2 Å². The number of ether oxygens (including phenoxy) is 1. The molecular formula is C13H19N5O. The first kappa shape index (κ1) is 13.2. The van der Waals surface area contributed by atoms with Gasteiger partial charge in [0.15, 0.2) is 0 Å². The predicted molar refractivity (Wildman–Crippen MR) is 75.2 cm³/mol. The van der Waals surface area contributed by atoms with E-state index in [1.54, 1.807) is 0 Å². The number of nitrogens with two attached hydrogens (primary N) is 1. The summed E-state index contributed by atoms with van der Waals surface area (Å²) in [5.74, 6) is 1.58. The fourth-order valence-electron chi connectivity index (χ4n) is 1.70. The maximum absolute atomic E-state index is 6.06. The number of aromatic nitrogens is 3. The molecule has 0 aliphatic rings. The molecule has 2 aromatic rings. The van der Waals surface area contributed by atoms with Crippen LogP contribution in [0.1, 0.15) is 19.2 Å². The van der Waals surface area contributed by atoms with Gasteiger partial charge in [-0.05, 0) is 18.6 Å². The molecule has 1 aromatic carbocycles. The second-order valence-corrected chi connectivity index (χ2v) is 4.17. The van der Waals surface area contributed by atoms with Crippen molar-refractivity contribution in [1.82, 2.24) is 15.2 Å². The van der Waals surface area contributed by atoms with Crippen LogP contribution in [0.4, 0.5) is 11.4 Å². The van der Waals surface area contributed by atoms with Crippen LogP contribution < -0.4 is 15.8 Å². The van der Waals surface area contributed by atoms with Crippen molar-refractivity contribution in [2.24, 2.45) is 0 Å². The van der Waals surface area contributed by atoms with E-state index in [2.05, 4.69) is 27.4 Å². The first-order chi connectivity index (χ1) is 9.31. The molecular weight excluding hydrogens is 242 g/mol. The van der Waals surface area contributed by atoms with Gasteiger partial charge in [-0.3, -0.25) is 5.10 Å². The monoisotopic (exact) mass is 261 g/mol. The Labute approximate surface area is 112 Å². The molecule has 0 saturated carbocycles. The van der Waals surface area contributed by atoms with Crippen LogP contribution in [0.15, 0.2) is 24.5 Å². The van der Waals surface area contributed by atoms with Crippen LogP contribution in [0, 0.1) is 0 Å². The Morgan fingerprint density at radius 3 is 3.05 bits per heavy atom. The maximum atomic E-state index is 6.06. The number of nitrogens with zero attached hydrogens (tertiary/aromatic N) is 2. The van der Waals surface area contributed by atoms with Gasteiger partial charge >= 0.3 is 0 Å². The van der Waals surface area contributed by atoms with Gasteiger partial charge in [-0.25, -0.2) is 4.98 Å². The third kappa shape index (κ3) is 3.61. The molecule has 4 N–H and O–H groups in total. The minimum Gasteiger partial charge on any atom is -0.491 e. The summed E-state index contributed by atoms with van der Waals surface area (Å²) < 4.78 is 5.59. The number of para-hydroxylation sites is 1. The lowest BCUT2D eigenvalue weighted by atomic mass is 10.2. The van der Waals surface area contributed by atoms with Crippen molar-refractivity contribution in [3.63, 3.8) is 0 Å². The summed E-state index contributed by atoms with van der Waals surface area (Å²) >= 11 is 0. The normalized spacial score (nSPS) is 10.4. The van der Waals surface area contributed by atoms with Gasteiger partial charge in [0, 0.05) is 13.0 Å². The average Bonchev–Trinajstić information content (AvgIpc) is 2.92. The molecule has 0 saturated heterocycles. The molecule has 0 aliphatic heterocycles. The Hall–Kier alpha value is -2.24. The third-order valence-corrected chi connectivity index (χ3v) is 2.67. The second kappa shape index (κ2) is 6.63. The van der Waals surface area contributed by atoms with E-state index in [0.29, 0.717) is 12.3 Å². The zero-order chi connectivity index (χ0) is 13.5. The fourth-order valence-corrected chi connectivity index (χ4v) is 1.70. The van der Waals surface area contributed by atoms with Crippen LogP contribution in [-0.2, 0) is 6.42 Å². The van der Waals surface area contributed by atoms with Crippen LogP contribution in [0.2, 0.25) is 0 Å². The lowest BCUT2D eigenvalue weighted by Crippen LogP contribution is -2.09. The minimum absolute atomic E-state index is 0.647. The third-order valence-electron chi connectivity index (χ3n) is 2.67. The molecule has 0 atom stereocenters. The molecule has 2 rings (SSSR count). The van der Waals surface area contributed by atoms with Crippen molar-refractivity contribution in [3.05, 3.63) is 30.4 Å². The SMILES string of the molecule is CCCOc1cccc(NCCc2ncn[nH]2)c1N. The summed E-state index contributed by atoms with van der Waals surface area (Å²) in [5, 5.41) is 9.90. The van der Waals surface area contributed by atoms with Gasteiger partial charge in [0.1, 0.15) is 17.9 Å². The summed E-state index contributed by atoms with van der Waals surface area (Å²) in [7, 11) is 0. The average molecular weight is 261 g/mol. The van der Waals surface area contributed by atoms with Crippen molar-refractivity contribution in [1.29, 1.82) is 0 Å². The Kier molecular flexibility index (Phi) is 4.60. The van der Waals surface area contributed by atoms with Crippen molar-refractivity contribution >= 4 is 11.4 Å². The molecule has 0 unspecified atom stereocenters. The molecule has 19 heavy (non-hydrogen) atoms. The van der Waals surface area contributed by atoms with Crippen LogP contribution >= 0.6 is 0 Å². The molecule has 0 fully saturated rings. The number of hydrogen-bond acceptors (Lipinski definition) is 5. The van der Waals surface area contributed by atoms with Gasteiger partial charge in [0.05, 0.1) is 18.0 Å². The van der Waals surface area contributed by atoms with E-state index in [1.165, 1.54) is 6.33 Å². The van der Waals surface area contributed by atoms with Crippen LogP contribution in [0.25, 0.3) is 0 Å². The minimum atomic E-state index is 0.647. The van der Waals surface area contributed by atoms with Gasteiger partial charge in [-0.1, -0.05) is 13.0 Å². The van der Waals surface area contributed by atoms with Crippen molar-refractivity contribution in [3.8, 4) is 5.75 Å². The highest BCUT2D eigenvalue weighted by molar-refractivity contribution is 5.72. The maximum Gasteiger partial charge on any atom is 0.144 e. The number of H-pyrrole nitrogens is 1. The molecule has 6 nitrogen and oxygen atoms in total. The number of benzene rings is 1. The number of nitrogens with one attached hydrogen (secondary N) is 2. The van der Waals surface area contributed by atoms with E-state index < -0.39 is 0 Å². The number of nitrogen functional groups attached to an aromatic ring is 1. The van der Waals surface area contributed by atoms with E-state index in [4.69, 9.17) is 10.5 Å². The van der Waals surface area contributed by atoms with Gasteiger partial charge in [-0.15, -0.1) is 0 Å². The molecule has 0 spiro atoms.